The smallest absolute Gasteiger partial charge is 0.268 e. The summed E-state index contributed by atoms with van der Waals surface area (Å²) in [5, 5.41) is 0. The minimum Gasteiger partial charge on any atom is -0.268 e. The predicted octanol–water partition coefficient (Wildman–Crippen LogP) is 3.59. The molecule has 1 aliphatic heterocycles. The van der Waals surface area contributed by atoms with E-state index in [1.54, 1.807) is 12.1 Å². The molecule has 24 heavy (non-hydrogen) atoms. The predicted molar refractivity (Wildman–Crippen MR) is 91.5 cm³/mol. The zero-order valence-electron chi connectivity index (χ0n) is 11.7. The molecule has 0 fully saturated rings. The highest BCUT2D eigenvalue weighted by Gasteiger charge is 2.44. The van der Waals surface area contributed by atoms with Crippen LogP contribution in [-0.2, 0) is 9.84 Å². The van der Waals surface area contributed by atoms with Crippen molar-refractivity contribution in [1.29, 1.82) is 0 Å². The van der Waals surface area contributed by atoms with Crippen LogP contribution in [0.3, 0.4) is 0 Å². The largest absolute Gasteiger partial charge is 0.297 e. The summed E-state index contributed by atoms with van der Waals surface area (Å²) in [5.74, 6) is -1.27. The summed E-state index contributed by atoms with van der Waals surface area (Å²) in [6, 6.07) is 11.6. The van der Waals surface area contributed by atoms with Gasteiger partial charge in [-0.1, -0.05) is 59.1 Å². The first-order chi connectivity index (χ1) is 11.2. The minimum atomic E-state index is -4.43. The first-order valence-corrected chi connectivity index (χ1v) is 9.16. The number of rotatable bonds is 2. The van der Waals surface area contributed by atoms with Gasteiger partial charge in [-0.25, -0.2) is 13.3 Å². The van der Waals surface area contributed by atoms with Gasteiger partial charge >= 0.3 is 0 Å². The fourth-order valence-electron chi connectivity index (χ4n) is 2.40. The molecule has 0 unspecified atom stereocenters. The van der Waals surface area contributed by atoms with Crippen LogP contribution in [0.15, 0.2) is 53.4 Å². The molecule has 5 nitrogen and oxygen atoms in total. The van der Waals surface area contributed by atoms with Gasteiger partial charge in [0.2, 0.25) is 9.84 Å². The van der Waals surface area contributed by atoms with Gasteiger partial charge in [0.05, 0.1) is 21.7 Å². The maximum atomic E-state index is 12.5. The number of carbonyl (C=O) groups excluding carboxylic acids is 2. The van der Waals surface area contributed by atoms with Crippen LogP contribution in [0.4, 0.5) is 5.69 Å². The Labute approximate surface area is 152 Å². The van der Waals surface area contributed by atoms with E-state index in [1.165, 1.54) is 36.4 Å². The third-order valence-corrected chi connectivity index (χ3v) is 6.86. The fraction of sp³-hybridized carbons (Fsp3) is 0.0667. The molecule has 2 aromatic rings. The molecule has 2 amide bonds. The summed E-state index contributed by atoms with van der Waals surface area (Å²) < 4.78 is 22.3. The molecule has 0 atom stereocenters. The molecule has 0 bridgehead atoms. The van der Waals surface area contributed by atoms with E-state index in [4.69, 9.17) is 34.8 Å². The van der Waals surface area contributed by atoms with Gasteiger partial charge in [-0.2, -0.15) is 0 Å². The number of fused-ring (bicyclic) bond motifs is 1. The zero-order valence-corrected chi connectivity index (χ0v) is 14.8. The van der Waals surface area contributed by atoms with Crippen molar-refractivity contribution in [3.05, 3.63) is 59.7 Å². The van der Waals surface area contributed by atoms with Gasteiger partial charge < -0.3 is 0 Å². The van der Waals surface area contributed by atoms with Gasteiger partial charge in [-0.05, 0) is 24.3 Å². The van der Waals surface area contributed by atoms with E-state index in [9.17, 15) is 18.0 Å². The highest BCUT2D eigenvalue weighted by Crippen LogP contribution is 2.42. The first kappa shape index (κ1) is 17.2. The number of hydrogen-bond donors (Lipinski definition) is 0. The van der Waals surface area contributed by atoms with E-state index in [0.717, 1.165) is 4.90 Å². The van der Waals surface area contributed by atoms with Crippen LogP contribution in [0.25, 0.3) is 0 Å². The summed E-state index contributed by atoms with van der Waals surface area (Å²) >= 11 is 16.7. The highest BCUT2D eigenvalue weighted by molar-refractivity contribution is 7.97. The Morgan fingerprint density at radius 2 is 1.25 bits per heavy atom. The number of carbonyl (C=O) groups is 2. The third-order valence-electron chi connectivity index (χ3n) is 3.49. The first-order valence-electron chi connectivity index (χ1n) is 6.54. The molecule has 1 heterocycles. The maximum absolute atomic E-state index is 12.5. The number of hydrogen-bond acceptors (Lipinski definition) is 4. The molecule has 0 aromatic heterocycles. The molecule has 3 rings (SSSR count). The quantitative estimate of drug-likeness (QED) is 0.566. The molecule has 0 N–H and O–H groups in total. The highest BCUT2D eigenvalue weighted by atomic mass is 35.6. The van der Waals surface area contributed by atoms with Crippen molar-refractivity contribution in [2.24, 2.45) is 0 Å². The van der Waals surface area contributed by atoms with Crippen LogP contribution in [0.5, 0.6) is 0 Å². The summed E-state index contributed by atoms with van der Waals surface area (Å²) in [7, 11) is -4.43. The molecule has 9 heteroatoms. The van der Waals surface area contributed by atoms with E-state index in [1.807, 2.05) is 0 Å². The van der Waals surface area contributed by atoms with Crippen LogP contribution in [0.2, 0.25) is 0 Å². The van der Waals surface area contributed by atoms with E-state index < -0.39 is 29.7 Å². The van der Waals surface area contributed by atoms with Crippen molar-refractivity contribution in [2.45, 2.75) is 8.02 Å². The van der Waals surface area contributed by atoms with Crippen LogP contribution in [0, 0.1) is 0 Å². The Balaban J connectivity index is 2.21. The molecule has 0 saturated heterocycles. The van der Waals surface area contributed by atoms with Crippen molar-refractivity contribution < 1.29 is 18.0 Å². The van der Waals surface area contributed by atoms with E-state index in [-0.39, 0.29) is 16.8 Å². The van der Waals surface area contributed by atoms with Gasteiger partial charge in [0.25, 0.3) is 14.9 Å². The number of benzene rings is 2. The lowest BCUT2D eigenvalue weighted by molar-refractivity contribution is 0.0925. The van der Waals surface area contributed by atoms with E-state index >= 15 is 0 Å². The molecule has 1 aliphatic rings. The molecule has 0 spiro atoms. The number of nitrogens with zero attached hydrogens (tertiary/aromatic N) is 1. The second-order valence-electron chi connectivity index (χ2n) is 4.91. The number of anilines is 1. The van der Waals surface area contributed by atoms with Crippen molar-refractivity contribution in [2.75, 3.05) is 4.90 Å². The number of imide groups is 1. The van der Waals surface area contributed by atoms with Gasteiger partial charge in [-0.15, -0.1) is 0 Å². The van der Waals surface area contributed by atoms with Gasteiger partial charge in [0, 0.05) is 0 Å². The van der Waals surface area contributed by atoms with Gasteiger partial charge in [0.1, 0.15) is 0 Å². The molecule has 2 aromatic carbocycles. The van der Waals surface area contributed by atoms with Crippen LogP contribution < -0.4 is 4.90 Å². The summed E-state index contributed by atoms with van der Waals surface area (Å²) in [4.78, 5) is 25.5. The Morgan fingerprint density at radius 3 is 1.75 bits per heavy atom. The Morgan fingerprint density at radius 1 is 0.792 bits per heavy atom. The van der Waals surface area contributed by atoms with Crippen molar-refractivity contribution in [3.8, 4) is 0 Å². The lowest BCUT2D eigenvalue weighted by Crippen LogP contribution is -2.32. The van der Waals surface area contributed by atoms with Crippen LogP contribution in [-0.4, -0.2) is 23.4 Å². The Kier molecular flexibility index (Phi) is 4.12. The van der Waals surface area contributed by atoms with Crippen LogP contribution in [0.1, 0.15) is 20.7 Å². The third kappa shape index (κ3) is 2.50. The summed E-state index contributed by atoms with van der Waals surface area (Å²) in [5.41, 5.74) is 0.210. The number of amides is 2. The summed E-state index contributed by atoms with van der Waals surface area (Å²) in [6.45, 7) is 0. The maximum Gasteiger partial charge on any atom is 0.297 e. The molecular weight excluding hydrogens is 397 g/mol. The lowest BCUT2D eigenvalue weighted by atomic mass is 10.1. The molecular formula is C15H8Cl3NO4S. The van der Waals surface area contributed by atoms with Crippen molar-refractivity contribution in [3.63, 3.8) is 0 Å². The minimum absolute atomic E-state index is 0.157. The van der Waals surface area contributed by atoms with Gasteiger partial charge in [-0.3, -0.25) is 9.59 Å². The average Bonchev–Trinajstić information content (AvgIpc) is 2.78. The Bertz CT molecular complexity index is 932. The standard InChI is InChI=1S/C15H8Cl3NO4S/c16-15(17,18)24(22,23)12-8-4-3-7-11(12)19-13(20)9-5-1-2-6-10(9)14(19)21/h1-8H. The SMILES string of the molecule is O=C1c2ccccc2C(=O)N1c1ccccc1S(=O)(=O)C(Cl)(Cl)Cl. The van der Waals surface area contributed by atoms with Crippen molar-refractivity contribution in [1.82, 2.24) is 0 Å². The molecule has 124 valence electrons. The fourth-order valence-corrected chi connectivity index (χ4v) is 4.09. The van der Waals surface area contributed by atoms with E-state index in [2.05, 4.69) is 0 Å². The molecule has 0 radical (unpaired) electrons. The summed E-state index contributed by atoms with van der Waals surface area (Å²) in [6.07, 6.45) is 0. The number of sulfone groups is 1. The molecule has 0 saturated carbocycles. The van der Waals surface area contributed by atoms with Crippen LogP contribution >= 0.6 is 34.8 Å². The zero-order chi connectivity index (χ0) is 17.7. The topological polar surface area (TPSA) is 71.5 Å². The van der Waals surface area contributed by atoms with Crippen molar-refractivity contribution >= 4 is 62.1 Å². The number of halogens is 3. The Hall–Kier alpha value is -1.60. The average molecular weight is 405 g/mol. The number of alkyl halides is 3. The second-order valence-corrected chi connectivity index (χ2v) is 9.92. The van der Waals surface area contributed by atoms with Gasteiger partial charge in [0.15, 0.2) is 0 Å². The second kappa shape index (κ2) is 5.74. The van der Waals surface area contributed by atoms with E-state index in [0.29, 0.717) is 0 Å². The number of para-hydroxylation sites is 1. The molecule has 0 aliphatic carbocycles. The monoisotopic (exact) mass is 403 g/mol. The normalized spacial score (nSPS) is 14.9. The lowest BCUT2D eigenvalue weighted by Gasteiger charge is -2.20.